The van der Waals surface area contributed by atoms with E-state index < -0.39 is 35.3 Å². The molecule has 0 fully saturated rings. The summed E-state index contributed by atoms with van der Waals surface area (Å²) in [6.07, 6.45) is -1.42. The first kappa shape index (κ1) is 30.7. The Kier molecular flexibility index (Phi) is 8.50. The lowest BCUT2D eigenvalue weighted by molar-refractivity contribution is -0.119. The summed E-state index contributed by atoms with van der Waals surface area (Å²) in [7, 11) is 1.34. The molecule has 0 saturated carbocycles. The predicted molar refractivity (Wildman–Crippen MR) is 166 cm³/mol. The van der Waals surface area contributed by atoms with Crippen LogP contribution in [0.2, 0.25) is 5.02 Å². The highest BCUT2D eigenvalue weighted by Gasteiger charge is 2.27. The Morgan fingerprint density at radius 2 is 1.69 bits per heavy atom. The largest absolute Gasteiger partial charge is 0.480 e. The molecule has 0 aliphatic heterocycles. The van der Waals surface area contributed by atoms with E-state index >= 15 is 0 Å². The van der Waals surface area contributed by atoms with E-state index in [9.17, 15) is 34.2 Å². The normalized spacial score (nSPS) is 11.6. The minimum absolute atomic E-state index is 0.0251. The van der Waals surface area contributed by atoms with Crippen molar-refractivity contribution in [2.75, 3.05) is 12.4 Å². The number of aromatic nitrogens is 3. The quantitative estimate of drug-likeness (QED) is 0.181. The predicted octanol–water partition coefficient (Wildman–Crippen LogP) is 5.38. The van der Waals surface area contributed by atoms with Gasteiger partial charge >= 0.3 is 12.1 Å². The Hall–Kier alpha value is -5.75. The molecule has 5 rings (SSSR count). The monoisotopic (exact) mass is 628 g/mol. The zero-order chi connectivity index (χ0) is 32.4. The molecule has 13 heteroatoms. The first-order valence-corrected chi connectivity index (χ1v) is 13.8. The molecule has 5 aromatic rings. The van der Waals surface area contributed by atoms with E-state index in [0.717, 1.165) is 10.2 Å². The van der Waals surface area contributed by atoms with Gasteiger partial charge in [0.1, 0.15) is 11.7 Å². The second-order valence-corrected chi connectivity index (χ2v) is 10.5. The third-order valence-corrected chi connectivity index (χ3v) is 7.35. The number of rotatable bonds is 9. The lowest BCUT2D eigenvalue weighted by atomic mass is 9.98. The number of nitrogens with zero attached hydrogens (tertiary/aromatic N) is 3. The molecule has 3 N–H and O–H groups in total. The highest BCUT2D eigenvalue weighted by atomic mass is 35.5. The molecule has 2 aromatic heterocycles. The van der Waals surface area contributed by atoms with Gasteiger partial charge in [-0.2, -0.15) is 0 Å². The Morgan fingerprint density at radius 3 is 2.33 bits per heavy atom. The molecule has 0 radical (unpaired) electrons. The maximum Gasteiger partial charge on any atom is 0.416 e. The number of carbonyl (C=O) groups is 4. The van der Waals surface area contributed by atoms with E-state index in [1.54, 1.807) is 30.3 Å². The van der Waals surface area contributed by atoms with E-state index in [1.165, 1.54) is 56.5 Å². The van der Waals surface area contributed by atoms with Crippen molar-refractivity contribution < 1.29 is 34.1 Å². The van der Waals surface area contributed by atoms with Crippen molar-refractivity contribution >= 4 is 51.9 Å². The minimum Gasteiger partial charge on any atom is -0.480 e. The van der Waals surface area contributed by atoms with Crippen LogP contribution in [0, 0.1) is 0 Å². The van der Waals surface area contributed by atoms with E-state index in [1.807, 2.05) is 6.07 Å². The molecule has 228 valence electrons. The van der Waals surface area contributed by atoms with Gasteiger partial charge in [-0.3, -0.25) is 14.4 Å². The molecular weight excluding hydrogens is 604 g/mol. The number of halogens is 1. The maximum absolute atomic E-state index is 13.8. The molecule has 3 aromatic carbocycles. The molecule has 2 heterocycles. The van der Waals surface area contributed by atoms with Gasteiger partial charge < -0.3 is 20.3 Å². The van der Waals surface area contributed by atoms with Crippen LogP contribution in [0.1, 0.15) is 39.4 Å². The first-order chi connectivity index (χ1) is 21.5. The summed E-state index contributed by atoms with van der Waals surface area (Å²) in [5, 5.41) is 26.7. The maximum atomic E-state index is 13.8. The highest BCUT2D eigenvalue weighted by Crippen LogP contribution is 2.33. The van der Waals surface area contributed by atoms with Gasteiger partial charge in [0, 0.05) is 34.1 Å². The number of anilines is 1. The molecule has 1 amide bonds. The van der Waals surface area contributed by atoms with Crippen LogP contribution in [0.3, 0.4) is 0 Å². The van der Waals surface area contributed by atoms with Crippen LogP contribution in [-0.2, 0) is 11.2 Å². The molecule has 45 heavy (non-hydrogen) atoms. The number of fused-ring (bicyclic) bond motifs is 1. The zero-order valence-electron chi connectivity index (χ0n) is 23.9. The number of Topliss-reactive ketones (excluding diaryl/α,β-unsaturated/α-hetero) is 1. The number of benzene rings is 3. The van der Waals surface area contributed by atoms with Crippen molar-refractivity contribution in [3.63, 3.8) is 0 Å². The number of hydrogen-bond donors (Lipinski definition) is 3. The van der Waals surface area contributed by atoms with Gasteiger partial charge in [0.05, 0.1) is 18.2 Å². The second-order valence-electron chi connectivity index (χ2n) is 10.0. The Morgan fingerprint density at radius 1 is 0.956 bits per heavy atom. The molecule has 0 spiro atoms. The first-order valence-electron chi connectivity index (χ1n) is 13.4. The van der Waals surface area contributed by atoms with Crippen molar-refractivity contribution in [2.24, 2.45) is 0 Å². The van der Waals surface area contributed by atoms with Gasteiger partial charge in [-0.1, -0.05) is 41.9 Å². The number of carboxylic acid groups (broad SMARTS) is 2. The minimum atomic E-state index is -1.47. The van der Waals surface area contributed by atoms with Gasteiger partial charge in [-0.25, -0.2) is 18.8 Å². The van der Waals surface area contributed by atoms with Crippen molar-refractivity contribution in [3.05, 3.63) is 111 Å². The Labute approximate surface area is 260 Å². The zero-order valence-corrected chi connectivity index (χ0v) is 24.6. The van der Waals surface area contributed by atoms with E-state index in [-0.39, 0.29) is 40.2 Å². The van der Waals surface area contributed by atoms with Crippen LogP contribution in [0.4, 0.5) is 10.5 Å². The van der Waals surface area contributed by atoms with Gasteiger partial charge in [-0.15, -0.1) is 5.10 Å². The second kappa shape index (κ2) is 12.5. The summed E-state index contributed by atoms with van der Waals surface area (Å²) >= 11 is 6.21. The standard InChI is InChI=1S/C32H25ClN4O8/c1-17(38)22-10-8-20(33)15-23(22)24-16-28(39)37(35-30(24)45-2)26(12-18-6-4-3-5-7-18)29(40)34-21-9-11-25-19(13-21)14-27(31(41)42)36(25)32(43)44/h3-11,13-16,26H,12H2,1-2H3,(H,34,40)(H,41,42)(H,43,44). The highest BCUT2D eigenvalue weighted by molar-refractivity contribution is 6.31. The number of nitrogens with one attached hydrogen (secondary N) is 1. The fourth-order valence-corrected chi connectivity index (χ4v) is 5.25. The van der Waals surface area contributed by atoms with Crippen LogP contribution in [0.5, 0.6) is 5.88 Å². The SMILES string of the molecule is COc1nn(C(Cc2ccccc2)C(=O)Nc2ccc3c(c2)cc(C(=O)O)n3C(=O)O)c(=O)cc1-c1cc(Cl)ccc1C(C)=O. The summed E-state index contributed by atoms with van der Waals surface area (Å²) < 4.78 is 7.14. The summed E-state index contributed by atoms with van der Waals surface area (Å²) in [5.41, 5.74) is 0.809. The third-order valence-electron chi connectivity index (χ3n) is 7.12. The molecule has 1 unspecified atom stereocenters. The molecule has 0 bridgehead atoms. The van der Waals surface area contributed by atoms with Crippen molar-refractivity contribution in [2.45, 2.75) is 19.4 Å². The molecular formula is C32H25ClN4O8. The van der Waals surface area contributed by atoms with Crippen LogP contribution in [0.25, 0.3) is 22.0 Å². The van der Waals surface area contributed by atoms with E-state index in [0.29, 0.717) is 20.7 Å². The van der Waals surface area contributed by atoms with E-state index in [4.69, 9.17) is 16.3 Å². The molecule has 0 aliphatic carbocycles. The van der Waals surface area contributed by atoms with Crippen LogP contribution in [-0.4, -0.2) is 55.4 Å². The number of hydrogen-bond acceptors (Lipinski definition) is 7. The number of amides is 1. The number of carboxylic acids is 1. The van der Waals surface area contributed by atoms with E-state index in [2.05, 4.69) is 10.4 Å². The topological polar surface area (TPSA) is 170 Å². The third kappa shape index (κ3) is 6.17. The summed E-state index contributed by atoms with van der Waals surface area (Å²) in [6.45, 7) is 1.38. The average Bonchev–Trinajstić information content (AvgIpc) is 3.40. The molecule has 0 saturated heterocycles. The van der Waals surface area contributed by atoms with Gasteiger partial charge in [-0.05, 0) is 60.5 Å². The number of ketones is 1. The fourth-order valence-electron chi connectivity index (χ4n) is 5.08. The summed E-state index contributed by atoms with van der Waals surface area (Å²) in [6, 6.07) is 19.0. The van der Waals surface area contributed by atoms with Gasteiger partial charge in [0.15, 0.2) is 5.78 Å². The Bertz CT molecular complexity index is 2050. The van der Waals surface area contributed by atoms with Gasteiger partial charge in [0.2, 0.25) is 11.8 Å². The van der Waals surface area contributed by atoms with Crippen molar-refractivity contribution in [3.8, 4) is 17.0 Å². The average molecular weight is 629 g/mol. The summed E-state index contributed by atoms with van der Waals surface area (Å²) in [4.78, 5) is 63.1. The van der Waals surface area contributed by atoms with Gasteiger partial charge in [0.25, 0.3) is 5.56 Å². The van der Waals surface area contributed by atoms with Crippen molar-refractivity contribution in [1.29, 1.82) is 0 Å². The molecule has 1 atom stereocenters. The van der Waals surface area contributed by atoms with Crippen LogP contribution < -0.4 is 15.6 Å². The number of aromatic carboxylic acids is 1. The Balaban J connectivity index is 1.58. The van der Waals surface area contributed by atoms with Crippen LogP contribution in [0.15, 0.2) is 83.7 Å². The fraction of sp³-hybridized carbons (Fsp3) is 0.125. The number of ether oxygens (including phenoxy) is 1. The molecule has 12 nitrogen and oxygen atoms in total. The number of methoxy groups -OCH3 is 1. The van der Waals surface area contributed by atoms with Crippen LogP contribution >= 0.6 is 11.6 Å². The number of carbonyl (C=O) groups excluding carboxylic acids is 2. The summed E-state index contributed by atoms with van der Waals surface area (Å²) in [5.74, 6) is -2.35. The lowest BCUT2D eigenvalue weighted by Gasteiger charge is -2.20. The lowest BCUT2D eigenvalue weighted by Crippen LogP contribution is -2.36. The smallest absolute Gasteiger partial charge is 0.416 e. The molecule has 0 aliphatic rings. The van der Waals surface area contributed by atoms with Crippen molar-refractivity contribution in [1.82, 2.24) is 14.3 Å².